The van der Waals surface area contributed by atoms with Crippen LogP contribution in [0.2, 0.25) is 0 Å². The van der Waals surface area contributed by atoms with Crippen LogP contribution in [0.1, 0.15) is 32.1 Å². The largest absolute Gasteiger partial charge is 0.324 e. The smallest absolute Gasteiger partial charge is 0.233 e. The fraction of sp³-hybridized carbons (Fsp3) is 0.471. The van der Waals surface area contributed by atoms with Crippen molar-refractivity contribution in [2.24, 2.45) is 11.8 Å². The molecule has 1 aliphatic carbocycles. The van der Waals surface area contributed by atoms with Crippen LogP contribution in [0.3, 0.4) is 0 Å². The molecule has 7 heteroatoms. The Hall–Kier alpha value is -1.76. The molecule has 3 rings (SSSR count). The van der Waals surface area contributed by atoms with Crippen molar-refractivity contribution in [1.29, 1.82) is 0 Å². The molecule has 1 aromatic rings. The quantitative estimate of drug-likeness (QED) is 0.795. The van der Waals surface area contributed by atoms with Crippen LogP contribution in [-0.4, -0.2) is 29.2 Å². The molecule has 128 valence electrons. The fourth-order valence-electron chi connectivity index (χ4n) is 3.47. The predicted molar refractivity (Wildman–Crippen MR) is 89.5 cm³/mol. The molecule has 1 aromatic carbocycles. The van der Waals surface area contributed by atoms with Crippen LogP contribution in [0, 0.1) is 17.7 Å². The van der Waals surface area contributed by atoms with E-state index in [-0.39, 0.29) is 42.3 Å². The second-order valence-electron chi connectivity index (χ2n) is 6.25. The van der Waals surface area contributed by atoms with Crippen molar-refractivity contribution >= 4 is 39.3 Å². The molecule has 2 aliphatic rings. The third kappa shape index (κ3) is 3.36. The summed E-state index contributed by atoms with van der Waals surface area (Å²) in [5.74, 6) is -1.71. The Labute approximate surface area is 147 Å². The zero-order valence-corrected chi connectivity index (χ0v) is 14.6. The zero-order chi connectivity index (χ0) is 17.3. The molecule has 1 N–H and O–H groups in total. The second kappa shape index (κ2) is 7.01. The van der Waals surface area contributed by atoms with Gasteiger partial charge in [0, 0.05) is 17.4 Å². The lowest BCUT2D eigenvalue weighted by Gasteiger charge is -2.19. The first-order valence-electron chi connectivity index (χ1n) is 8.07. The van der Waals surface area contributed by atoms with Crippen LogP contribution >= 0.6 is 15.9 Å². The summed E-state index contributed by atoms with van der Waals surface area (Å²) in [4.78, 5) is 37.8. The van der Waals surface area contributed by atoms with Crippen LogP contribution < -0.4 is 5.32 Å². The molecule has 3 amide bonds. The molecular weight excluding hydrogens is 379 g/mol. The SMILES string of the molecule is O=C(CCN1C(=O)[C@H]2CCCC[C@@H]2C1=O)Nc1ccc(Br)cc1F. The number of likely N-dealkylation sites (tertiary alicyclic amines) is 1. The summed E-state index contributed by atoms with van der Waals surface area (Å²) in [5, 5.41) is 2.47. The van der Waals surface area contributed by atoms with Crippen molar-refractivity contribution < 1.29 is 18.8 Å². The molecule has 5 nitrogen and oxygen atoms in total. The molecule has 0 aromatic heterocycles. The summed E-state index contributed by atoms with van der Waals surface area (Å²) in [6.45, 7) is 0.0502. The van der Waals surface area contributed by atoms with Gasteiger partial charge < -0.3 is 5.32 Å². The highest BCUT2D eigenvalue weighted by atomic mass is 79.9. The molecule has 0 radical (unpaired) electrons. The van der Waals surface area contributed by atoms with Gasteiger partial charge in [0.1, 0.15) is 5.82 Å². The number of hydrogen-bond acceptors (Lipinski definition) is 3. The van der Waals surface area contributed by atoms with E-state index in [0.717, 1.165) is 25.7 Å². The molecule has 0 spiro atoms. The highest BCUT2D eigenvalue weighted by Gasteiger charge is 2.47. The normalized spacial score (nSPS) is 23.3. The van der Waals surface area contributed by atoms with E-state index < -0.39 is 11.7 Å². The predicted octanol–water partition coefficient (Wildman–Crippen LogP) is 3.09. The minimum atomic E-state index is -0.544. The van der Waals surface area contributed by atoms with Crippen LogP contribution in [0.25, 0.3) is 0 Å². The average molecular weight is 397 g/mol. The van der Waals surface area contributed by atoms with Crippen molar-refractivity contribution in [3.8, 4) is 0 Å². The van der Waals surface area contributed by atoms with Crippen molar-refractivity contribution in [3.63, 3.8) is 0 Å². The Kier molecular flexibility index (Phi) is 4.99. The molecule has 2 fully saturated rings. The number of anilines is 1. The van der Waals surface area contributed by atoms with Gasteiger partial charge in [0.15, 0.2) is 0 Å². The number of carbonyl (C=O) groups excluding carboxylic acids is 3. The van der Waals surface area contributed by atoms with Gasteiger partial charge in [-0.1, -0.05) is 28.8 Å². The van der Waals surface area contributed by atoms with E-state index in [1.807, 2.05) is 0 Å². The first-order chi connectivity index (χ1) is 11.5. The second-order valence-corrected chi connectivity index (χ2v) is 7.16. The third-order valence-electron chi connectivity index (χ3n) is 4.70. The summed E-state index contributed by atoms with van der Waals surface area (Å²) >= 11 is 3.15. The van der Waals surface area contributed by atoms with Crippen molar-refractivity contribution in [3.05, 3.63) is 28.5 Å². The van der Waals surface area contributed by atoms with Crippen molar-refractivity contribution in [2.45, 2.75) is 32.1 Å². The maximum Gasteiger partial charge on any atom is 0.233 e. The Bertz CT molecular complexity index is 670. The maximum atomic E-state index is 13.7. The molecule has 1 heterocycles. The van der Waals surface area contributed by atoms with Crippen LogP contribution in [0.15, 0.2) is 22.7 Å². The maximum absolute atomic E-state index is 13.7. The topological polar surface area (TPSA) is 66.5 Å². The summed E-state index contributed by atoms with van der Waals surface area (Å²) in [5.41, 5.74) is 0.0796. The number of benzene rings is 1. The van der Waals surface area contributed by atoms with Gasteiger partial charge in [-0.15, -0.1) is 0 Å². The van der Waals surface area contributed by atoms with E-state index in [0.29, 0.717) is 4.47 Å². The van der Waals surface area contributed by atoms with E-state index in [4.69, 9.17) is 0 Å². The van der Waals surface area contributed by atoms with E-state index in [1.54, 1.807) is 6.07 Å². The van der Waals surface area contributed by atoms with Gasteiger partial charge in [-0.05, 0) is 31.0 Å². The Morgan fingerprint density at radius 3 is 2.42 bits per heavy atom. The Morgan fingerprint density at radius 1 is 1.21 bits per heavy atom. The minimum Gasteiger partial charge on any atom is -0.324 e. The summed E-state index contributed by atoms with van der Waals surface area (Å²) in [6, 6.07) is 4.34. The molecule has 24 heavy (non-hydrogen) atoms. The number of nitrogens with one attached hydrogen (secondary N) is 1. The van der Waals surface area contributed by atoms with E-state index >= 15 is 0 Å². The lowest BCUT2D eigenvalue weighted by molar-refractivity contribution is -0.140. The number of carbonyl (C=O) groups is 3. The van der Waals surface area contributed by atoms with Crippen LogP contribution in [0.4, 0.5) is 10.1 Å². The number of imide groups is 1. The van der Waals surface area contributed by atoms with E-state index in [2.05, 4.69) is 21.2 Å². The monoisotopic (exact) mass is 396 g/mol. The van der Waals surface area contributed by atoms with Crippen LogP contribution in [0.5, 0.6) is 0 Å². The van der Waals surface area contributed by atoms with Crippen molar-refractivity contribution in [2.75, 3.05) is 11.9 Å². The van der Waals surface area contributed by atoms with Gasteiger partial charge in [-0.3, -0.25) is 19.3 Å². The molecule has 1 aliphatic heterocycles. The van der Waals surface area contributed by atoms with E-state index in [1.165, 1.54) is 17.0 Å². The van der Waals surface area contributed by atoms with Gasteiger partial charge in [-0.25, -0.2) is 4.39 Å². The minimum absolute atomic E-state index is 0.0353. The average Bonchev–Trinajstić information content (AvgIpc) is 2.80. The molecule has 1 saturated carbocycles. The first-order valence-corrected chi connectivity index (χ1v) is 8.87. The van der Waals surface area contributed by atoms with Crippen molar-refractivity contribution in [1.82, 2.24) is 4.90 Å². The van der Waals surface area contributed by atoms with Gasteiger partial charge in [0.25, 0.3) is 0 Å². The first kappa shape index (κ1) is 17.1. The van der Waals surface area contributed by atoms with Gasteiger partial charge in [0.05, 0.1) is 17.5 Å². The number of halogens is 2. The summed E-state index contributed by atoms with van der Waals surface area (Å²) in [6.07, 6.45) is 3.41. The number of hydrogen-bond donors (Lipinski definition) is 1. The van der Waals surface area contributed by atoms with Crippen LogP contribution in [-0.2, 0) is 14.4 Å². The molecule has 0 bridgehead atoms. The van der Waals surface area contributed by atoms with Gasteiger partial charge in [-0.2, -0.15) is 0 Å². The number of fused-ring (bicyclic) bond motifs is 1. The standard InChI is InChI=1S/C17H18BrFN2O3/c18-10-5-6-14(13(19)9-10)20-15(22)7-8-21-16(23)11-3-1-2-4-12(11)17(21)24/h5-6,9,11-12H,1-4,7-8H2,(H,20,22)/t11-,12-/m0/s1. The number of amides is 3. The van der Waals surface area contributed by atoms with E-state index in [9.17, 15) is 18.8 Å². The highest BCUT2D eigenvalue weighted by Crippen LogP contribution is 2.38. The molecule has 1 saturated heterocycles. The highest BCUT2D eigenvalue weighted by molar-refractivity contribution is 9.10. The summed E-state index contributed by atoms with van der Waals surface area (Å²) < 4.78 is 14.3. The Morgan fingerprint density at radius 2 is 1.83 bits per heavy atom. The molecule has 0 unspecified atom stereocenters. The fourth-order valence-corrected chi connectivity index (χ4v) is 3.80. The van der Waals surface area contributed by atoms with Gasteiger partial charge >= 0.3 is 0 Å². The number of nitrogens with zero attached hydrogens (tertiary/aromatic N) is 1. The third-order valence-corrected chi connectivity index (χ3v) is 5.19. The lowest BCUT2D eigenvalue weighted by atomic mass is 9.81. The molecular formula is C17H18BrFN2O3. The number of rotatable bonds is 4. The Balaban J connectivity index is 1.58. The zero-order valence-electron chi connectivity index (χ0n) is 13.1. The lowest BCUT2D eigenvalue weighted by Crippen LogP contribution is -2.34. The van der Waals surface area contributed by atoms with Gasteiger partial charge in [0.2, 0.25) is 17.7 Å². The molecule has 2 atom stereocenters. The summed E-state index contributed by atoms with van der Waals surface area (Å²) in [7, 11) is 0.